The van der Waals surface area contributed by atoms with E-state index in [2.05, 4.69) is 29.6 Å². The Balaban J connectivity index is 1.59. The van der Waals surface area contributed by atoms with Crippen LogP contribution in [0.1, 0.15) is 22.3 Å². The summed E-state index contributed by atoms with van der Waals surface area (Å²) in [5.74, 6) is -1.33. The lowest BCUT2D eigenvalue weighted by atomic mass is 10.1. The summed E-state index contributed by atoms with van der Waals surface area (Å²) in [6.45, 7) is 5.83. The lowest BCUT2D eigenvalue weighted by Gasteiger charge is -2.27. The van der Waals surface area contributed by atoms with Crippen molar-refractivity contribution in [1.29, 1.82) is 0 Å². The van der Waals surface area contributed by atoms with Crippen molar-refractivity contribution in [2.75, 3.05) is 4.90 Å². The van der Waals surface area contributed by atoms with Crippen LogP contribution in [0.2, 0.25) is 0 Å². The number of rotatable bonds is 4. The summed E-state index contributed by atoms with van der Waals surface area (Å²) in [7, 11) is 0. The van der Waals surface area contributed by atoms with E-state index >= 15 is 0 Å². The predicted octanol–water partition coefficient (Wildman–Crippen LogP) is 5.43. The van der Waals surface area contributed by atoms with Crippen LogP contribution >= 0.6 is 11.8 Å². The molecule has 1 heterocycles. The van der Waals surface area contributed by atoms with Crippen molar-refractivity contribution in [3.63, 3.8) is 0 Å². The van der Waals surface area contributed by atoms with Gasteiger partial charge in [-0.15, -0.1) is 0 Å². The van der Waals surface area contributed by atoms with Crippen molar-refractivity contribution in [1.82, 2.24) is 5.32 Å². The molecule has 1 aliphatic heterocycles. The van der Waals surface area contributed by atoms with Crippen molar-refractivity contribution in [2.45, 2.75) is 30.6 Å². The highest BCUT2D eigenvalue weighted by molar-refractivity contribution is 7.99. The van der Waals surface area contributed by atoms with E-state index in [1.54, 1.807) is 23.9 Å². The van der Waals surface area contributed by atoms with Gasteiger partial charge in [0, 0.05) is 9.79 Å². The fraction of sp³-hybridized carbons (Fsp3) is 0.115. The topological polar surface area (TPSA) is 66.5 Å². The third-order valence-electron chi connectivity index (χ3n) is 5.01. The number of barbiturate groups is 1. The first kappa shape index (κ1) is 21.6. The Bertz CT molecular complexity index is 1220. The Morgan fingerprint density at radius 1 is 0.750 bits per heavy atom. The molecule has 1 N–H and O–H groups in total. The minimum atomic E-state index is -0.744. The Hall–Kier alpha value is -3.64. The minimum Gasteiger partial charge on any atom is -0.273 e. The average Bonchev–Trinajstić information content (AvgIpc) is 2.73. The summed E-state index contributed by atoms with van der Waals surface area (Å²) in [4.78, 5) is 41.1. The average molecular weight is 443 g/mol. The van der Waals surface area contributed by atoms with Gasteiger partial charge in [-0.1, -0.05) is 47.7 Å². The molecule has 0 unspecified atom stereocenters. The molecule has 1 fully saturated rings. The highest BCUT2D eigenvalue weighted by Crippen LogP contribution is 2.29. The van der Waals surface area contributed by atoms with Crippen LogP contribution < -0.4 is 10.2 Å². The number of aryl methyl sites for hydroxylation is 3. The number of carbonyl (C=O) groups excluding carboxylic acids is 3. The molecule has 0 radical (unpaired) electrons. The minimum absolute atomic E-state index is 0.0808. The van der Waals surface area contributed by atoms with Crippen molar-refractivity contribution < 1.29 is 14.4 Å². The molecule has 32 heavy (non-hydrogen) atoms. The molecule has 0 atom stereocenters. The molecule has 0 bridgehead atoms. The molecular formula is C26H22N2O3S. The molecule has 1 aliphatic rings. The summed E-state index contributed by atoms with van der Waals surface area (Å²) >= 11 is 1.63. The van der Waals surface area contributed by atoms with E-state index in [0.717, 1.165) is 25.8 Å². The molecular weight excluding hydrogens is 420 g/mol. The lowest BCUT2D eigenvalue weighted by Crippen LogP contribution is -2.54. The van der Waals surface area contributed by atoms with Crippen LogP contribution in [0.5, 0.6) is 0 Å². The number of imide groups is 2. The van der Waals surface area contributed by atoms with E-state index < -0.39 is 17.8 Å². The van der Waals surface area contributed by atoms with Crippen molar-refractivity contribution in [3.05, 3.63) is 94.6 Å². The number of nitrogens with zero attached hydrogens (tertiary/aromatic N) is 1. The van der Waals surface area contributed by atoms with E-state index in [1.807, 2.05) is 51.1 Å². The Kier molecular flexibility index (Phi) is 5.97. The lowest BCUT2D eigenvalue weighted by molar-refractivity contribution is -0.122. The number of benzene rings is 3. The smallest absolute Gasteiger partial charge is 0.273 e. The molecule has 0 aromatic heterocycles. The van der Waals surface area contributed by atoms with Crippen LogP contribution in [0, 0.1) is 20.8 Å². The zero-order chi connectivity index (χ0) is 22.8. The maximum atomic E-state index is 13.1. The van der Waals surface area contributed by atoms with Crippen LogP contribution in [0.25, 0.3) is 6.08 Å². The van der Waals surface area contributed by atoms with Gasteiger partial charge in [0.2, 0.25) is 0 Å². The van der Waals surface area contributed by atoms with E-state index in [1.165, 1.54) is 11.6 Å². The van der Waals surface area contributed by atoms with Gasteiger partial charge >= 0.3 is 6.03 Å². The van der Waals surface area contributed by atoms with Gasteiger partial charge in [-0.2, -0.15) is 0 Å². The first-order chi connectivity index (χ1) is 15.3. The summed E-state index contributed by atoms with van der Waals surface area (Å²) in [6.07, 6.45) is 1.51. The fourth-order valence-corrected chi connectivity index (χ4v) is 4.33. The Morgan fingerprint density at radius 3 is 1.91 bits per heavy atom. The van der Waals surface area contributed by atoms with E-state index in [-0.39, 0.29) is 5.57 Å². The van der Waals surface area contributed by atoms with Crippen LogP contribution in [-0.4, -0.2) is 17.8 Å². The first-order valence-corrected chi connectivity index (χ1v) is 11.0. The van der Waals surface area contributed by atoms with Gasteiger partial charge in [-0.3, -0.25) is 14.9 Å². The molecule has 3 aromatic carbocycles. The summed E-state index contributed by atoms with van der Waals surface area (Å²) in [5, 5.41) is 2.27. The molecule has 4 amide bonds. The molecule has 4 rings (SSSR count). The van der Waals surface area contributed by atoms with E-state index in [9.17, 15) is 14.4 Å². The van der Waals surface area contributed by atoms with Gasteiger partial charge in [-0.25, -0.2) is 9.69 Å². The highest BCUT2D eigenvalue weighted by atomic mass is 32.2. The third-order valence-corrected chi connectivity index (χ3v) is 6.03. The van der Waals surface area contributed by atoms with Gasteiger partial charge in [0.25, 0.3) is 11.8 Å². The quantitative estimate of drug-likeness (QED) is 0.432. The van der Waals surface area contributed by atoms with Crippen LogP contribution in [0.3, 0.4) is 0 Å². The molecule has 0 spiro atoms. The predicted molar refractivity (Wildman–Crippen MR) is 127 cm³/mol. The van der Waals surface area contributed by atoms with Gasteiger partial charge in [0.1, 0.15) is 5.57 Å². The fourth-order valence-electron chi connectivity index (χ4n) is 3.51. The van der Waals surface area contributed by atoms with Crippen molar-refractivity contribution in [2.24, 2.45) is 0 Å². The van der Waals surface area contributed by atoms with Crippen molar-refractivity contribution >= 4 is 41.4 Å². The molecule has 3 aromatic rings. The van der Waals surface area contributed by atoms with Gasteiger partial charge in [0.05, 0.1) is 5.69 Å². The first-order valence-electron chi connectivity index (χ1n) is 10.1. The van der Waals surface area contributed by atoms with Gasteiger partial charge in [0.15, 0.2) is 0 Å². The Labute approximate surface area is 191 Å². The van der Waals surface area contributed by atoms with Crippen molar-refractivity contribution in [3.8, 4) is 0 Å². The molecule has 6 heteroatoms. The number of anilines is 1. The SMILES string of the molecule is Cc1ccc(Sc2ccc(/C=C3\C(=O)NC(=O)N(c4cc(C)cc(C)c4)C3=O)cc2)cc1. The molecule has 5 nitrogen and oxygen atoms in total. The molecule has 0 saturated carbocycles. The third kappa shape index (κ3) is 4.65. The number of nitrogens with one attached hydrogen (secondary N) is 1. The monoisotopic (exact) mass is 442 g/mol. The molecule has 0 aliphatic carbocycles. The normalized spacial score (nSPS) is 15.3. The zero-order valence-electron chi connectivity index (χ0n) is 18.0. The summed E-state index contributed by atoms with van der Waals surface area (Å²) in [6, 6.07) is 20.5. The number of amides is 4. The van der Waals surface area contributed by atoms with E-state index in [0.29, 0.717) is 11.3 Å². The second-order valence-electron chi connectivity index (χ2n) is 7.79. The number of hydrogen-bond acceptors (Lipinski definition) is 4. The number of hydrogen-bond donors (Lipinski definition) is 1. The van der Waals surface area contributed by atoms with E-state index in [4.69, 9.17) is 0 Å². The molecule has 1 saturated heterocycles. The number of urea groups is 1. The van der Waals surface area contributed by atoms with Gasteiger partial charge in [-0.05, 0) is 79.9 Å². The van der Waals surface area contributed by atoms with Crippen LogP contribution in [0.4, 0.5) is 10.5 Å². The molecule has 160 valence electrons. The largest absolute Gasteiger partial charge is 0.335 e. The summed E-state index contributed by atoms with van der Waals surface area (Å²) in [5.41, 5.74) is 4.11. The Morgan fingerprint density at radius 2 is 1.31 bits per heavy atom. The highest BCUT2D eigenvalue weighted by Gasteiger charge is 2.36. The van der Waals surface area contributed by atoms with Gasteiger partial charge < -0.3 is 0 Å². The zero-order valence-corrected chi connectivity index (χ0v) is 18.8. The number of carbonyl (C=O) groups is 3. The summed E-state index contributed by atoms with van der Waals surface area (Å²) < 4.78 is 0. The second kappa shape index (κ2) is 8.85. The maximum absolute atomic E-state index is 13.1. The van der Waals surface area contributed by atoms with Crippen LogP contribution in [0.15, 0.2) is 82.1 Å². The van der Waals surface area contributed by atoms with Crippen LogP contribution in [-0.2, 0) is 9.59 Å². The maximum Gasteiger partial charge on any atom is 0.335 e. The standard InChI is InChI=1S/C26H22N2O3S/c1-16-4-8-21(9-5-16)32-22-10-6-19(7-11-22)15-23-24(29)27-26(31)28(25(23)30)20-13-17(2)12-18(3)14-20/h4-15H,1-3H3,(H,27,29,31)/b23-15+. The second-order valence-corrected chi connectivity index (χ2v) is 8.93.